The Morgan fingerprint density at radius 2 is 1.60 bits per heavy atom. The van der Waals surface area contributed by atoms with Gasteiger partial charge in [-0.1, -0.05) is 23.7 Å². The van der Waals surface area contributed by atoms with E-state index in [2.05, 4.69) is 5.32 Å². The van der Waals surface area contributed by atoms with Crippen LogP contribution < -0.4 is 19.5 Å². The van der Waals surface area contributed by atoms with Gasteiger partial charge in [0.25, 0.3) is 5.91 Å². The fourth-order valence-corrected chi connectivity index (χ4v) is 3.07. The fraction of sp³-hybridized carbons (Fsp3) is 0.208. The third-order valence-corrected chi connectivity index (χ3v) is 4.86. The minimum Gasteiger partial charge on any atom is -0.497 e. The van der Waals surface area contributed by atoms with Crippen LogP contribution in [0.4, 0.5) is 0 Å². The van der Waals surface area contributed by atoms with Crippen molar-refractivity contribution in [1.82, 2.24) is 5.32 Å². The van der Waals surface area contributed by atoms with Crippen LogP contribution in [0.3, 0.4) is 0 Å². The van der Waals surface area contributed by atoms with Crippen LogP contribution in [-0.4, -0.2) is 26.7 Å². The maximum absolute atomic E-state index is 12.6. The summed E-state index contributed by atoms with van der Waals surface area (Å²) in [4.78, 5) is 12.6. The Hall–Kier alpha value is -3.18. The molecule has 5 nitrogen and oxygen atoms in total. The molecule has 0 unspecified atom stereocenters. The van der Waals surface area contributed by atoms with Gasteiger partial charge in [-0.3, -0.25) is 4.79 Å². The van der Waals surface area contributed by atoms with Gasteiger partial charge < -0.3 is 19.5 Å². The number of rotatable bonds is 9. The zero-order chi connectivity index (χ0) is 21.3. The average molecular weight is 426 g/mol. The number of benzene rings is 3. The van der Waals surface area contributed by atoms with Crippen LogP contribution in [0.15, 0.2) is 66.7 Å². The highest BCUT2D eigenvalue weighted by molar-refractivity contribution is 6.30. The van der Waals surface area contributed by atoms with Gasteiger partial charge in [-0.25, -0.2) is 0 Å². The lowest BCUT2D eigenvalue weighted by atomic mass is 10.1. The predicted molar refractivity (Wildman–Crippen MR) is 118 cm³/mol. The molecule has 1 amide bonds. The molecule has 0 aromatic heterocycles. The molecule has 0 spiro atoms. The van der Waals surface area contributed by atoms with E-state index in [0.29, 0.717) is 28.6 Å². The topological polar surface area (TPSA) is 56.8 Å². The minimum atomic E-state index is -0.140. The lowest BCUT2D eigenvalue weighted by Crippen LogP contribution is -2.25. The summed E-state index contributed by atoms with van der Waals surface area (Å²) in [5.74, 6) is 2.03. The number of carbonyl (C=O) groups is 1. The first kappa shape index (κ1) is 21.5. The van der Waals surface area contributed by atoms with Crippen LogP contribution in [0.25, 0.3) is 0 Å². The highest BCUT2D eigenvalue weighted by Crippen LogP contribution is 2.23. The van der Waals surface area contributed by atoms with Crippen molar-refractivity contribution in [3.8, 4) is 17.2 Å². The molecule has 0 aliphatic heterocycles. The van der Waals surface area contributed by atoms with Crippen molar-refractivity contribution in [2.45, 2.75) is 13.0 Å². The Morgan fingerprint density at radius 3 is 2.27 bits per heavy atom. The maximum atomic E-state index is 12.6. The predicted octanol–water partition coefficient (Wildman–Crippen LogP) is 4.91. The zero-order valence-corrected chi connectivity index (χ0v) is 17.7. The third-order valence-electron chi connectivity index (χ3n) is 4.61. The van der Waals surface area contributed by atoms with Crippen molar-refractivity contribution >= 4 is 17.5 Å². The van der Waals surface area contributed by atoms with E-state index in [1.165, 1.54) is 0 Å². The van der Waals surface area contributed by atoms with E-state index in [4.69, 9.17) is 25.8 Å². The molecular weight excluding hydrogens is 402 g/mol. The number of ether oxygens (including phenoxy) is 3. The smallest absolute Gasteiger partial charge is 0.251 e. The van der Waals surface area contributed by atoms with Crippen molar-refractivity contribution in [2.75, 3.05) is 20.8 Å². The van der Waals surface area contributed by atoms with E-state index in [-0.39, 0.29) is 12.5 Å². The Balaban J connectivity index is 1.59. The summed E-state index contributed by atoms with van der Waals surface area (Å²) in [5, 5.41) is 3.60. The van der Waals surface area contributed by atoms with Crippen LogP contribution >= 0.6 is 11.6 Å². The molecule has 0 heterocycles. The molecule has 0 aliphatic carbocycles. The number of amides is 1. The second-order valence-corrected chi connectivity index (χ2v) is 7.06. The van der Waals surface area contributed by atoms with E-state index in [1.807, 2.05) is 24.3 Å². The first-order valence-corrected chi connectivity index (χ1v) is 9.93. The summed E-state index contributed by atoms with van der Waals surface area (Å²) in [5.41, 5.74) is 2.47. The number of nitrogens with one attached hydrogen (secondary N) is 1. The summed E-state index contributed by atoms with van der Waals surface area (Å²) in [6.07, 6.45) is 0.735. The third kappa shape index (κ3) is 5.91. The molecule has 3 aromatic rings. The van der Waals surface area contributed by atoms with Crippen LogP contribution in [-0.2, 0) is 13.0 Å². The molecule has 0 saturated carbocycles. The van der Waals surface area contributed by atoms with Gasteiger partial charge in [-0.2, -0.15) is 0 Å². The molecule has 6 heteroatoms. The fourth-order valence-electron chi connectivity index (χ4n) is 2.94. The van der Waals surface area contributed by atoms with E-state index in [1.54, 1.807) is 56.7 Å². The number of carbonyl (C=O) groups excluding carboxylic acids is 1. The number of hydrogen-bond acceptors (Lipinski definition) is 4. The van der Waals surface area contributed by atoms with Gasteiger partial charge in [0.15, 0.2) is 0 Å². The maximum Gasteiger partial charge on any atom is 0.251 e. The van der Waals surface area contributed by atoms with Crippen molar-refractivity contribution in [1.29, 1.82) is 0 Å². The average Bonchev–Trinajstić information content (AvgIpc) is 2.79. The molecule has 30 heavy (non-hydrogen) atoms. The minimum absolute atomic E-state index is 0.140. The molecule has 0 bridgehead atoms. The van der Waals surface area contributed by atoms with Gasteiger partial charge in [0.1, 0.15) is 23.9 Å². The van der Waals surface area contributed by atoms with Crippen LogP contribution in [0.5, 0.6) is 17.2 Å². The van der Waals surface area contributed by atoms with Crippen LogP contribution in [0.1, 0.15) is 21.5 Å². The van der Waals surface area contributed by atoms with Gasteiger partial charge in [0, 0.05) is 22.7 Å². The lowest BCUT2D eigenvalue weighted by molar-refractivity contribution is 0.0954. The quantitative estimate of drug-likeness (QED) is 0.529. The summed E-state index contributed by atoms with van der Waals surface area (Å²) in [6, 6.07) is 20.2. The molecule has 0 radical (unpaired) electrons. The van der Waals surface area contributed by atoms with Gasteiger partial charge in [-0.15, -0.1) is 0 Å². The summed E-state index contributed by atoms with van der Waals surface area (Å²) in [6.45, 7) is 0.811. The molecule has 0 saturated heterocycles. The van der Waals surface area contributed by atoms with E-state index >= 15 is 0 Å². The summed E-state index contributed by atoms with van der Waals surface area (Å²) >= 11 is 5.90. The van der Waals surface area contributed by atoms with Crippen molar-refractivity contribution in [3.05, 3.63) is 88.4 Å². The van der Waals surface area contributed by atoms with Crippen molar-refractivity contribution < 1.29 is 19.0 Å². The van der Waals surface area contributed by atoms with Gasteiger partial charge in [0.2, 0.25) is 0 Å². The van der Waals surface area contributed by atoms with Gasteiger partial charge in [0.05, 0.1) is 14.2 Å². The Morgan fingerprint density at radius 1 is 0.900 bits per heavy atom. The van der Waals surface area contributed by atoms with E-state index in [0.717, 1.165) is 23.3 Å². The largest absolute Gasteiger partial charge is 0.497 e. The molecule has 0 aliphatic rings. The first-order chi connectivity index (χ1) is 14.6. The van der Waals surface area contributed by atoms with Crippen LogP contribution in [0, 0.1) is 0 Å². The number of halogens is 1. The number of methoxy groups -OCH3 is 2. The second kappa shape index (κ2) is 10.6. The molecule has 3 aromatic carbocycles. The first-order valence-electron chi connectivity index (χ1n) is 9.55. The Bertz CT molecular complexity index is 972. The molecule has 3 rings (SSSR count). The highest BCUT2D eigenvalue weighted by Gasteiger charge is 2.11. The van der Waals surface area contributed by atoms with Crippen molar-refractivity contribution in [2.24, 2.45) is 0 Å². The van der Waals surface area contributed by atoms with E-state index in [9.17, 15) is 4.79 Å². The Labute approximate surface area is 181 Å². The SMILES string of the molecule is COc1ccc(CCNC(=O)c2ccc(OC)c(COc3ccc(Cl)cc3)c2)cc1. The lowest BCUT2D eigenvalue weighted by Gasteiger charge is -2.12. The zero-order valence-electron chi connectivity index (χ0n) is 17.0. The van der Waals surface area contributed by atoms with Gasteiger partial charge >= 0.3 is 0 Å². The van der Waals surface area contributed by atoms with E-state index < -0.39 is 0 Å². The molecular formula is C24H24ClNO4. The molecule has 0 fully saturated rings. The molecule has 156 valence electrons. The van der Waals surface area contributed by atoms with Crippen molar-refractivity contribution in [3.63, 3.8) is 0 Å². The Kier molecular flexibility index (Phi) is 7.57. The molecule has 1 N–H and O–H groups in total. The van der Waals surface area contributed by atoms with Crippen LogP contribution in [0.2, 0.25) is 5.02 Å². The number of hydrogen-bond donors (Lipinski definition) is 1. The second-order valence-electron chi connectivity index (χ2n) is 6.62. The monoisotopic (exact) mass is 425 g/mol. The van der Waals surface area contributed by atoms with Gasteiger partial charge in [-0.05, 0) is 66.6 Å². The normalized spacial score (nSPS) is 10.4. The summed E-state index contributed by atoms with van der Waals surface area (Å²) in [7, 11) is 3.23. The summed E-state index contributed by atoms with van der Waals surface area (Å²) < 4.78 is 16.4. The highest BCUT2D eigenvalue weighted by atomic mass is 35.5. The molecule has 0 atom stereocenters. The standard InChI is InChI=1S/C24H24ClNO4/c1-28-21-8-3-17(4-9-21)13-14-26-24(27)18-5-12-23(29-2)19(15-18)16-30-22-10-6-20(25)7-11-22/h3-12,15H,13-14,16H2,1-2H3,(H,26,27).